The van der Waals surface area contributed by atoms with E-state index in [0.29, 0.717) is 4.91 Å². The summed E-state index contributed by atoms with van der Waals surface area (Å²) >= 11 is 9.75. The Bertz CT molecular complexity index is 1080. The minimum absolute atomic E-state index is 0.0643. The van der Waals surface area contributed by atoms with Crippen LogP contribution in [0.3, 0.4) is 0 Å². The summed E-state index contributed by atoms with van der Waals surface area (Å²) in [7, 11) is 2.76. The molecule has 0 bridgehead atoms. The van der Waals surface area contributed by atoms with Crippen LogP contribution < -0.4 is 9.47 Å². The second kappa shape index (κ2) is 9.41. The highest BCUT2D eigenvalue weighted by Gasteiger charge is 2.32. The minimum Gasteiger partial charge on any atom is -0.493 e. The van der Waals surface area contributed by atoms with Gasteiger partial charge in [0.05, 0.1) is 25.3 Å². The van der Waals surface area contributed by atoms with Crippen molar-refractivity contribution in [3.05, 3.63) is 62.5 Å². The van der Waals surface area contributed by atoms with Crippen LogP contribution in [0.4, 0.5) is 0 Å². The van der Waals surface area contributed by atoms with E-state index in [1.807, 2.05) is 24.3 Å². The molecule has 7 nitrogen and oxygen atoms in total. The summed E-state index contributed by atoms with van der Waals surface area (Å²) in [6, 6.07) is 10.5. The zero-order valence-corrected chi connectivity index (χ0v) is 19.0. The molecule has 1 aliphatic rings. The average Bonchev–Trinajstić information content (AvgIpc) is 2.99. The predicted molar refractivity (Wildman–Crippen MR) is 123 cm³/mol. The largest absolute Gasteiger partial charge is 0.493 e. The number of carboxylic acids is 1. The number of methoxy groups -OCH3 is 2. The number of hydrogen-bond donors (Lipinski definition) is 1. The van der Waals surface area contributed by atoms with Crippen LogP contribution in [-0.4, -0.2) is 46.7 Å². The maximum Gasteiger partial charge on any atom is 0.340 e. The molecule has 2 aromatic rings. The van der Waals surface area contributed by atoms with Gasteiger partial charge in [-0.15, -0.1) is 0 Å². The van der Waals surface area contributed by atoms with E-state index in [4.69, 9.17) is 21.7 Å². The van der Waals surface area contributed by atoms with Gasteiger partial charge in [-0.05, 0) is 48.1 Å². The number of ether oxygens (including phenoxy) is 2. The van der Waals surface area contributed by atoms with Crippen molar-refractivity contribution in [1.29, 1.82) is 0 Å². The van der Waals surface area contributed by atoms with Crippen LogP contribution in [0.2, 0.25) is 0 Å². The number of aromatic carboxylic acids is 1. The summed E-state index contributed by atoms with van der Waals surface area (Å²) in [5.41, 5.74) is 0.957. The predicted octanol–water partition coefficient (Wildman–Crippen LogP) is 4.40. The molecule has 1 saturated heterocycles. The number of carboxylic acid groups (broad SMARTS) is 1. The molecule has 0 spiro atoms. The molecule has 3 rings (SSSR count). The Labute approximate surface area is 190 Å². The molecule has 0 unspecified atom stereocenters. The van der Waals surface area contributed by atoms with Crippen molar-refractivity contribution in [1.82, 2.24) is 5.01 Å². The summed E-state index contributed by atoms with van der Waals surface area (Å²) in [4.78, 5) is 24.9. The molecule has 10 heteroatoms. The highest BCUT2D eigenvalue weighted by molar-refractivity contribution is 9.10. The molecule has 1 N–H and O–H groups in total. The molecule has 1 aliphatic heterocycles. The first-order valence-electron chi connectivity index (χ1n) is 8.41. The molecule has 2 aromatic carbocycles. The number of carbonyl (C=O) groups excluding carboxylic acids is 1. The summed E-state index contributed by atoms with van der Waals surface area (Å²) < 4.78 is 11.5. The van der Waals surface area contributed by atoms with Crippen LogP contribution in [0.15, 0.2) is 50.9 Å². The number of thiocarbonyl (C=S) groups is 1. The summed E-state index contributed by atoms with van der Waals surface area (Å²) in [6.07, 6.45) is 2.99. The summed E-state index contributed by atoms with van der Waals surface area (Å²) in [5, 5.41) is 14.8. The average molecular weight is 507 g/mol. The summed E-state index contributed by atoms with van der Waals surface area (Å²) in [6.45, 7) is 0. The lowest BCUT2D eigenvalue weighted by Gasteiger charge is -2.13. The van der Waals surface area contributed by atoms with E-state index in [-0.39, 0.29) is 32.9 Å². The van der Waals surface area contributed by atoms with Crippen LogP contribution in [0.5, 0.6) is 11.5 Å². The normalized spacial score (nSPS) is 15.3. The van der Waals surface area contributed by atoms with Crippen molar-refractivity contribution in [2.24, 2.45) is 5.10 Å². The second-order valence-electron chi connectivity index (χ2n) is 5.86. The number of benzene rings is 2. The molecule has 30 heavy (non-hydrogen) atoms. The SMILES string of the molecule is COc1ccc(/C=N/N2C(=O)/C(=C\c3ccc(Br)cc3)SC2=S)c(C(=O)O)c1OC. The minimum atomic E-state index is -1.22. The van der Waals surface area contributed by atoms with Crippen molar-refractivity contribution in [2.45, 2.75) is 0 Å². The molecule has 0 aliphatic carbocycles. The van der Waals surface area contributed by atoms with E-state index >= 15 is 0 Å². The Morgan fingerprint density at radius 1 is 1.20 bits per heavy atom. The number of carbonyl (C=O) groups is 2. The Morgan fingerprint density at radius 2 is 1.90 bits per heavy atom. The molecule has 0 aromatic heterocycles. The van der Waals surface area contributed by atoms with Crippen molar-refractivity contribution in [3.63, 3.8) is 0 Å². The zero-order chi connectivity index (χ0) is 21.8. The third kappa shape index (κ3) is 4.55. The van der Waals surface area contributed by atoms with Gasteiger partial charge in [0.15, 0.2) is 15.8 Å². The zero-order valence-electron chi connectivity index (χ0n) is 15.8. The van der Waals surface area contributed by atoms with Gasteiger partial charge in [0, 0.05) is 10.0 Å². The molecule has 1 fully saturated rings. The third-order valence-corrected chi connectivity index (χ3v) is 5.86. The van der Waals surface area contributed by atoms with Gasteiger partial charge in [0.1, 0.15) is 5.56 Å². The number of hydrogen-bond acceptors (Lipinski definition) is 7. The van der Waals surface area contributed by atoms with Gasteiger partial charge >= 0.3 is 5.97 Å². The highest BCUT2D eigenvalue weighted by Crippen LogP contribution is 2.35. The van der Waals surface area contributed by atoms with E-state index in [0.717, 1.165) is 26.8 Å². The lowest BCUT2D eigenvalue weighted by atomic mass is 10.1. The fourth-order valence-corrected chi connectivity index (χ4v) is 4.10. The summed E-state index contributed by atoms with van der Waals surface area (Å²) in [5.74, 6) is -1.26. The Morgan fingerprint density at radius 3 is 2.50 bits per heavy atom. The molecule has 1 amide bonds. The Hall–Kier alpha value is -2.69. The van der Waals surface area contributed by atoms with Gasteiger partial charge < -0.3 is 14.6 Å². The van der Waals surface area contributed by atoms with Gasteiger partial charge in [-0.3, -0.25) is 4.79 Å². The number of halogens is 1. The number of amides is 1. The second-order valence-corrected chi connectivity index (χ2v) is 8.45. The standard InChI is InChI=1S/C20H15BrN2O5S2/c1-27-14-8-5-12(16(19(25)26)17(14)28-2)10-22-23-18(24)15(30-20(23)29)9-11-3-6-13(21)7-4-11/h3-10H,1-2H3,(H,25,26)/b15-9+,22-10+. The molecular formula is C20H15BrN2O5S2. The molecule has 1 heterocycles. The van der Waals surface area contributed by atoms with E-state index < -0.39 is 5.97 Å². The Kier molecular flexibility index (Phi) is 6.91. The van der Waals surface area contributed by atoms with Gasteiger partial charge in [-0.1, -0.05) is 39.8 Å². The monoisotopic (exact) mass is 506 g/mol. The molecule has 154 valence electrons. The number of rotatable bonds is 6. The van der Waals surface area contributed by atoms with E-state index in [9.17, 15) is 14.7 Å². The van der Waals surface area contributed by atoms with Crippen molar-refractivity contribution in [3.8, 4) is 11.5 Å². The van der Waals surface area contributed by atoms with Crippen LogP contribution in [0.25, 0.3) is 6.08 Å². The lowest BCUT2D eigenvalue weighted by molar-refractivity contribution is -0.122. The van der Waals surface area contributed by atoms with Crippen LogP contribution in [0.1, 0.15) is 21.5 Å². The Balaban J connectivity index is 1.91. The molecule has 0 atom stereocenters. The van der Waals surface area contributed by atoms with Crippen molar-refractivity contribution in [2.75, 3.05) is 14.2 Å². The van der Waals surface area contributed by atoms with Gasteiger partial charge in [-0.2, -0.15) is 10.1 Å². The fraction of sp³-hybridized carbons (Fsp3) is 0.100. The van der Waals surface area contributed by atoms with Crippen LogP contribution >= 0.6 is 39.9 Å². The first-order chi connectivity index (χ1) is 14.3. The van der Waals surface area contributed by atoms with E-state index in [1.165, 1.54) is 26.5 Å². The van der Waals surface area contributed by atoms with Crippen molar-refractivity contribution < 1.29 is 24.2 Å². The van der Waals surface area contributed by atoms with Crippen molar-refractivity contribution >= 4 is 68.4 Å². The first-order valence-corrected chi connectivity index (χ1v) is 10.4. The van der Waals surface area contributed by atoms with E-state index in [2.05, 4.69) is 21.0 Å². The molecule has 0 radical (unpaired) electrons. The van der Waals surface area contributed by atoms with Gasteiger partial charge in [-0.25, -0.2) is 4.79 Å². The first kappa shape index (κ1) is 22.0. The molecule has 0 saturated carbocycles. The smallest absolute Gasteiger partial charge is 0.340 e. The fourth-order valence-electron chi connectivity index (χ4n) is 2.66. The van der Waals surface area contributed by atoms with E-state index in [1.54, 1.807) is 12.1 Å². The third-order valence-electron chi connectivity index (χ3n) is 4.05. The quantitative estimate of drug-likeness (QED) is 0.352. The number of nitrogens with zero attached hydrogens (tertiary/aromatic N) is 2. The topological polar surface area (TPSA) is 88.4 Å². The van der Waals surface area contributed by atoms with Crippen LogP contribution in [-0.2, 0) is 4.79 Å². The maximum atomic E-state index is 12.7. The lowest BCUT2D eigenvalue weighted by Crippen LogP contribution is -2.22. The number of thioether (sulfide) groups is 1. The number of hydrazone groups is 1. The van der Waals surface area contributed by atoms with Gasteiger partial charge in [0.2, 0.25) is 0 Å². The molecular weight excluding hydrogens is 492 g/mol. The van der Waals surface area contributed by atoms with Crippen LogP contribution in [0, 0.1) is 0 Å². The highest BCUT2D eigenvalue weighted by atomic mass is 79.9. The van der Waals surface area contributed by atoms with Gasteiger partial charge in [0.25, 0.3) is 5.91 Å². The maximum absolute atomic E-state index is 12.7.